The monoisotopic (exact) mass is 413 g/mol. The number of aromatic nitrogens is 2. The molecule has 1 aromatic rings. The minimum absolute atomic E-state index is 0.0960. The lowest BCUT2D eigenvalue weighted by molar-refractivity contribution is 0.0159. The lowest BCUT2D eigenvalue weighted by Gasteiger charge is -2.40. The number of halogens is 1. The van der Waals surface area contributed by atoms with Gasteiger partial charge in [-0.1, -0.05) is 32.4 Å². The zero-order valence-corrected chi connectivity index (χ0v) is 18.3. The van der Waals surface area contributed by atoms with Crippen molar-refractivity contribution in [3.8, 4) is 0 Å². The number of rotatable bonds is 5. The molecule has 1 aliphatic heterocycles. The molecule has 0 aromatic carbocycles. The highest BCUT2D eigenvalue weighted by Gasteiger charge is 2.35. The Hall–Kier alpha value is -1.80. The summed E-state index contributed by atoms with van der Waals surface area (Å²) in [6.07, 6.45) is 0.952. The van der Waals surface area contributed by atoms with Crippen LogP contribution >= 0.6 is 11.6 Å². The van der Waals surface area contributed by atoms with E-state index in [1.807, 2.05) is 41.5 Å². The number of carbonyl (C=O) groups excluding carboxylic acids is 2. The van der Waals surface area contributed by atoms with Gasteiger partial charge in [0.25, 0.3) is 5.91 Å². The third-order valence-electron chi connectivity index (χ3n) is 4.43. The Morgan fingerprint density at radius 2 is 2.04 bits per heavy atom. The predicted molar refractivity (Wildman–Crippen MR) is 109 cm³/mol. The molecule has 0 radical (unpaired) electrons. The van der Waals surface area contributed by atoms with Gasteiger partial charge in [-0.15, -0.1) is 0 Å². The van der Waals surface area contributed by atoms with Crippen molar-refractivity contribution in [1.29, 1.82) is 0 Å². The molecule has 1 aromatic heterocycles. The van der Waals surface area contributed by atoms with Crippen molar-refractivity contribution in [3.63, 3.8) is 0 Å². The van der Waals surface area contributed by atoms with Gasteiger partial charge in [0.1, 0.15) is 5.60 Å². The number of hydrogen-bond donors (Lipinski definition) is 3. The van der Waals surface area contributed by atoms with Crippen molar-refractivity contribution in [3.05, 3.63) is 16.7 Å². The summed E-state index contributed by atoms with van der Waals surface area (Å²) in [4.78, 5) is 33.8. The summed E-state index contributed by atoms with van der Waals surface area (Å²) in [5, 5.41) is 6.80. The van der Waals surface area contributed by atoms with E-state index in [2.05, 4.69) is 20.6 Å². The van der Waals surface area contributed by atoms with Gasteiger partial charge in [-0.25, -0.2) is 9.78 Å². The van der Waals surface area contributed by atoms with Gasteiger partial charge >= 0.3 is 6.09 Å². The Morgan fingerprint density at radius 3 is 2.57 bits per heavy atom. The number of hydrogen-bond acceptors (Lipinski definition) is 5. The normalized spacial score (nSPS) is 20.4. The van der Waals surface area contributed by atoms with Gasteiger partial charge in [-0.3, -0.25) is 4.79 Å². The molecule has 0 spiro atoms. The number of piperidine rings is 1. The van der Waals surface area contributed by atoms with E-state index in [-0.39, 0.29) is 36.0 Å². The second-order valence-electron chi connectivity index (χ2n) is 8.43. The highest BCUT2D eigenvalue weighted by molar-refractivity contribution is 6.30. The van der Waals surface area contributed by atoms with Gasteiger partial charge in [0.15, 0.2) is 11.0 Å². The van der Waals surface area contributed by atoms with Gasteiger partial charge < -0.3 is 25.3 Å². The fourth-order valence-corrected chi connectivity index (χ4v) is 3.45. The van der Waals surface area contributed by atoms with Crippen LogP contribution in [0.15, 0.2) is 0 Å². The molecule has 0 unspecified atom stereocenters. The number of aryl methyl sites for hydroxylation is 1. The number of nitrogens with one attached hydrogen (secondary N) is 3. The third kappa shape index (κ3) is 6.10. The summed E-state index contributed by atoms with van der Waals surface area (Å²) >= 11 is 6.04. The number of amides is 2. The Labute approximate surface area is 171 Å². The maximum atomic E-state index is 12.6. The molecule has 1 fully saturated rings. The largest absolute Gasteiger partial charge is 0.444 e. The molecule has 158 valence electrons. The quantitative estimate of drug-likeness (QED) is 0.689. The van der Waals surface area contributed by atoms with Crippen molar-refractivity contribution >= 4 is 23.6 Å². The number of nitrogens with zero attached hydrogens (tertiary/aromatic N) is 2. The minimum Gasteiger partial charge on any atom is -0.444 e. The van der Waals surface area contributed by atoms with Crippen LogP contribution in [0.3, 0.4) is 0 Å². The molecule has 28 heavy (non-hydrogen) atoms. The first-order valence-corrected chi connectivity index (χ1v) is 10.2. The van der Waals surface area contributed by atoms with Gasteiger partial charge in [-0.05, 0) is 33.6 Å². The van der Waals surface area contributed by atoms with E-state index in [1.54, 1.807) is 4.90 Å². The van der Waals surface area contributed by atoms with Crippen LogP contribution in [0, 0.1) is 0 Å². The number of aromatic amines is 1. The van der Waals surface area contributed by atoms with Crippen molar-refractivity contribution in [2.75, 3.05) is 13.1 Å². The van der Waals surface area contributed by atoms with Crippen LogP contribution in [0.4, 0.5) is 4.79 Å². The van der Waals surface area contributed by atoms with E-state index in [9.17, 15) is 9.59 Å². The summed E-state index contributed by atoms with van der Waals surface area (Å²) in [5.41, 5.74) is 0.196. The zero-order chi connectivity index (χ0) is 21.1. The van der Waals surface area contributed by atoms with Gasteiger partial charge in [0.05, 0.1) is 5.69 Å². The average molecular weight is 414 g/mol. The van der Waals surface area contributed by atoms with Gasteiger partial charge in [-0.2, -0.15) is 0 Å². The summed E-state index contributed by atoms with van der Waals surface area (Å²) in [7, 11) is 0. The number of likely N-dealkylation sites (tertiary alicyclic amines) is 1. The molecule has 2 atom stereocenters. The lowest BCUT2D eigenvalue weighted by atomic mass is 9.98. The molecule has 2 rings (SSSR count). The Morgan fingerprint density at radius 1 is 1.36 bits per heavy atom. The zero-order valence-electron chi connectivity index (χ0n) is 17.6. The number of carbonyl (C=O) groups is 2. The fraction of sp³-hybridized carbons (Fsp3) is 0.737. The van der Waals surface area contributed by atoms with Gasteiger partial charge in [0.2, 0.25) is 0 Å². The maximum Gasteiger partial charge on any atom is 0.410 e. The van der Waals surface area contributed by atoms with E-state index in [4.69, 9.17) is 16.3 Å². The van der Waals surface area contributed by atoms with E-state index >= 15 is 0 Å². The van der Waals surface area contributed by atoms with Crippen molar-refractivity contribution < 1.29 is 14.3 Å². The lowest BCUT2D eigenvalue weighted by Crippen LogP contribution is -2.61. The molecule has 8 nitrogen and oxygen atoms in total. The van der Waals surface area contributed by atoms with Crippen molar-refractivity contribution in [2.45, 2.75) is 78.1 Å². The van der Waals surface area contributed by atoms with Crippen molar-refractivity contribution in [2.24, 2.45) is 0 Å². The molecule has 2 heterocycles. The Kier molecular flexibility index (Phi) is 7.33. The fourth-order valence-electron chi connectivity index (χ4n) is 3.18. The summed E-state index contributed by atoms with van der Waals surface area (Å²) in [6, 6.07) is -0.0309. The first kappa shape index (κ1) is 22.5. The predicted octanol–water partition coefficient (Wildman–Crippen LogP) is 2.73. The smallest absolute Gasteiger partial charge is 0.410 e. The second kappa shape index (κ2) is 9.13. The second-order valence-corrected chi connectivity index (χ2v) is 8.79. The molecule has 9 heteroatoms. The summed E-state index contributed by atoms with van der Waals surface area (Å²) < 4.78 is 5.49. The molecular weight excluding hydrogens is 382 g/mol. The first-order valence-electron chi connectivity index (χ1n) is 9.79. The molecule has 1 aliphatic rings. The maximum absolute atomic E-state index is 12.6. The molecule has 2 amide bonds. The van der Waals surface area contributed by atoms with Crippen LogP contribution in [0.25, 0.3) is 0 Å². The summed E-state index contributed by atoms with van der Waals surface area (Å²) in [6.45, 7) is 12.5. The highest BCUT2D eigenvalue weighted by Crippen LogP contribution is 2.18. The number of imidazole rings is 1. The molecular formula is C19H32ClN5O3. The minimum atomic E-state index is -0.543. The van der Waals surface area contributed by atoms with E-state index in [0.29, 0.717) is 31.1 Å². The van der Waals surface area contributed by atoms with E-state index in [1.165, 1.54) is 0 Å². The molecule has 0 aliphatic carbocycles. The Bertz CT molecular complexity index is 698. The van der Waals surface area contributed by atoms with Crippen molar-refractivity contribution in [1.82, 2.24) is 25.5 Å². The van der Waals surface area contributed by atoms with Crippen LogP contribution in [0.5, 0.6) is 0 Å². The Balaban J connectivity index is 2.06. The molecule has 1 saturated heterocycles. The SMILES string of the molecule is CCc1[nH]c(C(=O)N[C@H]2CCN(C(=O)OC(C)(C)C)C[C@@H]2NC(C)C)nc1Cl. The topological polar surface area (TPSA) is 99.4 Å². The van der Waals surface area contributed by atoms with Crippen LogP contribution in [0.2, 0.25) is 5.15 Å². The van der Waals surface area contributed by atoms with Crippen LogP contribution < -0.4 is 10.6 Å². The van der Waals surface area contributed by atoms with Crippen LogP contribution in [0.1, 0.15) is 64.3 Å². The average Bonchev–Trinajstić information content (AvgIpc) is 2.95. The van der Waals surface area contributed by atoms with E-state index in [0.717, 1.165) is 5.69 Å². The number of ether oxygens (including phenoxy) is 1. The van der Waals surface area contributed by atoms with Crippen LogP contribution in [-0.4, -0.2) is 63.7 Å². The first-order chi connectivity index (χ1) is 13.0. The number of H-pyrrole nitrogens is 1. The van der Waals surface area contributed by atoms with Gasteiger partial charge in [0, 0.05) is 31.2 Å². The highest BCUT2D eigenvalue weighted by atomic mass is 35.5. The standard InChI is InChI=1S/C19H32ClN5O3/c1-7-12-15(20)24-16(22-12)17(26)23-13-8-9-25(10-14(13)21-11(2)3)18(27)28-19(4,5)6/h11,13-14,21H,7-10H2,1-6H3,(H,22,24)(H,23,26)/t13-,14-/m0/s1. The molecule has 0 saturated carbocycles. The molecule has 3 N–H and O–H groups in total. The third-order valence-corrected chi connectivity index (χ3v) is 4.74. The molecule has 0 bridgehead atoms. The summed E-state index contributed by atoms with van der Waals surface area (Å²) in [5.74, 6) is -0.0902. The van der Waals surface area contributed by atoms with Crippen LogP contribution in [-0.2, 0) is 11.2 Å². The van der Waals surface area contributed by atoms with E-state index < -0.39 is 5.60 Å².